The standard InChI is InChI=1S/C18H22ClN3O.HI/c1-13(12-23-2)22-18(20)21-11-15-5-3-4-6-17(15)14-7-9-16(19)10-8-14;/h3-10,13H,11-12H2,1-2H3,(H3,20,21,22);1H. The van der Waals surface area contributed by atoms with Gasteiger partial charge < -0.3 is 15.8 Å². The molecular formula is C18H23ClIN3O. The Bertz CT molecular complexity index is 662. The van der Waals surface area contributed by atoms with Crippen molar-refractivity contribution >= 4 is 41.5 Å². The Morgan fingerprint density at radius 3 is 2.54 bits per heavy atom. The quantitative estimate of drug-likeness (QED) is 0.389. The fraction of sp³-hybridized carbons (Fsp3) is 0.278. The van der Waals surface area contributed by atoms with Crippen molar-refractivity contribution < 1.29 is 4.74 Å². The number of benzene rings is 2. The Balaban J connectivity index is 0.00000288. The van der Waals surface area contributed by atoms with Gasteiger partial charge in [0.1, 0.15) is 0 Å². The number of guanidine groups is 1. The smallest absolute Gasteiger partial charge is 0.189 e. The highest BCUT2D eigenvalue weighted by Gasteiger charge is 2.05. The lowest BCUT2D eigenvalue weighted by atomic mass is 10.00. The van der Waals surface area contributed by atoms with E-state index in [9.17, 15) is 0 Å². The first-order chi connectivity index (χ1) is 11.1. The summed E-state index contributed by atoms with van der Waals surface area (Å²) in [7, 11) is 1.66. The van der Waals surface area contributed by atoms with Gasteiger partial charge in [0.15, 0.2) is 5.96 Å². The summed E-state index contributed by atoms with van der Waals surface area (Å²) >= 11 is 5.96. The van der Waals surface area contributed by atoms with Gasteiger partial charge in [0.2, 0.25) is 0 Å². The number of hydrogen-bond donors (Lipinski definition) is 2. The molecule has 6 heteroatoms. The lowest BCUT2D eigenvalue weighted by Gasteiger charge is -2.13. The Morgan fingerprint density at radius 2 is 1.88 bits per heavy atom. The van der Waals surface area contributed by atoms with Crippen LogP contribution in [0.2, 0.25) is 5.02 Å². The van der Waals surface area contributed by atoms with Crippen molar-refractivity contribution in [2.45, 2.75) is 19.5 Å². The van der Waals surface area contributed by atoms with E-state index in [4.69, 9.17) is 22.1 Å². The van der Waals surface area contributed by atoms with E-state index in [0.717, 1.165) is 21.7 Å². The van der Waals surface area contributed by atoms with Crippen LogP contribution in [-0.4, -0.2) is 25.7 Å². The average Bonchev–Trinajstić information content (AvgIpc) is 2.54. The number of aliphatic imine (C=N–C) groups is 1. The second-order valence-electron chi connectivity index (χ2n) is 5.37. The highest BCUT2D eigenvalue weighted by Crippen LogP contribution is 2.25. The molecule has 0 aliphatic carbocycles. The Kier molecular flexibility index (Phi) is 9.10. The molecule has 0 bridgehead atoms. The zero-order valence-corrected chi connectivity index (χ0v) is 16.9. The Morgan fingerprint density at radius 1 is 1.21 bits per heavy atom. The predicted molar refractivity (Wildman–Crippen MR) is 112 cm³/mol. The molecule has 130 valence electrons. The van der Waals surface area contributed by atoms with E-state index in [1.165, 1.54) is 0 Å². The molecule has 0 saturated heterocycles. The van der Waals surface area contributed by atoms with Crippen molar-refractivity contribution in [3.8, 4) is 11.1 Å². The number of rotatable bonds is 6. The van der Waals surface area contributed by atoms with Gasteiger partial charge in [0.25, 0.3) is 0 Å². The van der Waals surface area contributed by atoms with Gasteiger partial charge in [-0.25, -0.2) is 4.99 Å². The van der Waals surface area contributed by atoms with E-state index in [2.05, 4.69) is 22.4 Å². The molecule has 0 aliphatic rings. The summed E-state index contributed by atoms with van der Waals surface area (Å²) < 4.78 is 5.07. The molecule has 0 radical (unpaired) electrons. The minimum Gasteiger partial charge on any atom is -0.383 e. The fourth-order valence-electron chi connectivity index (χ4n) is 2.33. The number of nitrogens with one attached hydrogen (secondary N) is 1. The van der Waals surface area contributed by atoms with Gasteiger partial charge in [-0.1, -0.05) is 48.0 Å². The van der Waals surface area contributed by atoms with Crippen molar-refractivity contribution in [2.24, 2.45) is 10.7 Å². The van der Waals surface area contributed by atoms with Crippen LogP contribution in [0, 0.1) is 0 Å². The SMILES string of the molecule is COCC(C)NC(N)=NCc1ccccc1-c1ccc(Cl)cc1.I. The molecule has 0 fully saturated rings. The largest absolute Gasteiger partial charge is 0.383 e. The van der Waals surface area contributed by atoms with Crippen LogP contribution in [0.25, 0.3) is 11.1 Å². The van der Waals surface area contributed by atoms with Crippen molar-refractivity contribution in [1.29, 1.82) is 0 Å². The maximum Gasteiger partial charge on any atom is 0.189 e. The summed E-state index contributed by atoms with van der Waals surface area (Å²) in [6.45, 7) is 3.09. The molecule has 1 unspecified atom stereocenters. The lowest BCUT2D eigenvalue weighted by Crippen LogP contribution is -2.40. The van der Waals surface area contributed by atoms with Gasteiger partial charge in [-0.15, -0.1) is 24.0 Å². The molecule has 3 N–H and O–H groups in total. The number of methoxy groups -OCH3 is 1. The number of halogens is 2. The van der Waals surface area contributed by atoms with Gasteiger partial charge >= 0.3 is 0 Å². The number of nitrogens with two attached hydrogens (primary N) is 1. The van der Waals surface area contributed by atoms with Gasteiger partial charge in [-0.05, 0) is 35.7 Å². The minimum absolute atomic E-state index is 0. The third-order valence-corrected chi connectivity index (χ3v) is 3.66. The van der Waals surface area contributed by atoms with Crippen LogP contribution >= 0.6 is 35.6 Å². The summed E-state index contributed by atoms with van der Waals surface area (Å²) in [4.78, 5) is 4.42. The molecule has 0 spiro atoms. The predicted octanol–water partition coefficient (Wildman–Crippen LogP) is 4.06. The lowest BCUT2D eigenvalue weighted by molar-refractivity contribution is 0.179. The summed E-state index contributed by atoms with van der Waals surface area (Å²) in [5, 5.41) is 3.83. The van der Waals surface area contributed by atoms with Crippen LogP contribution in [0.4, 0.5) is 0 Å². The molecule has 0 aliphatic heterocycles. The second-order valence-corrected chi connectivity index (χ2v) is 5.80. The maximum atomic E-state index is 5.96. The monoisotopic (exact) mass is 459 g/mol. The third-order valence-electron chi connectivity index (χ3n) is 3.40. The fourth-order valence-corrected chi connectivity index (χ4v) is 2.46. The molecule has 2 aromatic carbocycles. The van der Waals surface area contributed by atoms with E-state index in [1.54, 1.807) is 7.11 Å². The normalized spacial score (nSPS) is 12.4. The van der Waals surface area contributed by atoms with Crippen LogP contribution in [0.15, 0.2) is 53.5 Å². The molecule has 0 amide bonds. The zero-order chi connectivity index (χ0) is 16.7. The Hall–Kier alpha value is -1.31. The average molecular weight is 460 g/mol. The molecule has 4 nitrogen and oxygen atoms in total. The van der Waals surface area contributed by atoms with Crippen molar-refractivity contribution in [2.75, 3.05) is 13.7 Å². The number of hydrogen-bond acceptors (Lipinski definition) is 2. The van der Waals surface area contributed by atoms with E-state index in [1.807, 2.05) is 43.3 Å². The summed E-state index contributed by atoms with van der Waals surface area (Å²) in [6, 6.07) is 16.1. The molecule has 0 heterocycles. The molecule has 2 rings (SSSR count). The maximum absolute atomic E-state index is 5.96. The van der Waals surface area contributed by atoms with Gasteiger partial charge in [0, 0.05) is 18.2 Å². The van der Waals surface area contributed by atoms with Crippen LogP contribution in [0.5, 0.6) is 0 Å². The van der Waals surface area contributed by atoms with Gasteiger partial charge in [0.05, 0.1) is 13.2 Å². The number of ether oxygens (including phenoxy) is 1. The van der Waals surface area contributed by atoms with Gasteiger partial charge in [-0.2, -0.15) is 0 Å². The summed E-state index contributed by atoms with van der Waals surface area (Å²) in [5.41, 5.74) is 9.28. The molecular weight excluding hydrogens is 437 g/mol. The van der Waals surface area contributed by atoms with E-state index < -0.39 is 0 Å². The van der Waals surface area contributed by atoms with E-state index >= 15 is 0 Å². The summed E-state index contributed by atoms with van der Waals surface area (Å²) in [6.07, 6.45) is 0. The first-order valence-electron chi connectivity index (χ1n) is 7.49. The topological polar surface area (TPSA) is 59.6 Å². The first-order valence-corrected chi connectivity index (χ1v) is 7.87. The molecule has 0 aromatic heterocycles. The molecule has 2 aromatic rings. The summed E-state index contributed by atoms with van der Waals surface area (Å²) in [5.74, 6) is 0.417. The van der Waals surface area contributed by atoms with Crippen molar-refractivity contribution in [3.05, 3.63) is 59.1 Å². The number of nitrogens with zero attached hydrogens (tertiary/aromatic N) is 1. The highest BCUT2D eigenvalue weighted by molar-refractivity contribution is 14.0. The third kappa shape index (κ3) is 6.30. The van der Waals surface area contributed by atoms with Crippen molar-refractivity contribution in [1.82, 2.24) is 5.32 Å². The van der Waals surface area contributed by atoms with Crippen LogP contribution in [0.3, 0.4) is 0 Å². The van der Waals surface area contributed by atoms with Crippen LogP contribution < -0.4 is 11.1 Å². The van der Waals surface area contributed by atoms with E-state index in [0.29, 0.717) is 19.1 Å². The first kappa shape index (κ1) is 20.7. The van der Waals surface area contributed by atoms with E-state index in [-0.39, 0.29) is 30.0 Å². The molecule has 1 atom stereocenters. The van der Waals surface area contributed by atoms with Crippen LogP contribution in [0.1, 0.15) is 12.5 Å². The second kappa shape index (κ2) is 10.5. The van der Waals surface area contributed by atoms with Crippen molar-refractivity contribution in [3.63, 3.8) is 0 Å². The molecule has 0 saturated carbocycles. The van der Waals surface area contributed by atoms with Gasteiger partial charge in [-0.3, -0.25) is 0 Å². The minimum atomic E-state index is 0. The molecule has 24 heavy (non-hydrogen) atoms. The van der Waals surface area contributed by atoms with Crippen LogP contribution in [-0.2, 0) is 11.3 Å². The highest BCUT2D eigenvalue weighted by atomic mass is 127. The zero-order valence-electron chi connectivity index (χ0n) is 13.8. The Labute approximate surface area is 165 Å².